The molecule has 13 aromatic rings. The highest BCUT2D eigenvalue weighted by Gasteiger charge is 2.51. The van der Waals surface area contributed by atoms with Crippen molar-refractivity contribution < 1.29 is 13.6 Å². The maximum atomic E-state index is 6.89. The first-order chi connectivity index (χ1) is 33.2. The topological polar surface area (TPSA) is 38.8 Å². The number of benzene rings is 11. The van der Waals surface area contributed by atoms with E-state index < -0.39 is 5.41 Å². The molecule has 0 fully saturated rings. The molecule has 0 saturated carbocycles. The fourth-order valence-electron chi connectivity index (χ4n) is 11.6. The van der Waals surface area contributed by atoms with Crippen molar-refractivity contribution in [3.05, 3.63) is 247 Å². The van der Waals surface area contributed by atoms with Crippen molar-refractivity contribution in [2.45, 2.75) is 5.41 Å². The zero-order valence-electron chi connectivity index (χ0n) is 36.0. The molecule has 4 nitrogen and oxygen atoms in total. The highest BCUT2D eigenvalue weighted by molar-refractivity contribution is 6.15. The predicted octanol–water partition coefficient (Wildman–Crippen LogP) is 17.4. The molecule has 3 heterocycles. The molecule has 0 N–H and O–H groups in total. The van der Waals surface area contributed by atoms with Gasteiger partial charge in [0.25, 0.3) is 0 Å². The van der Waals surface area contributed by atoms with Gasteiger partial charge < -0.3 is 18.5 Å². The Labute approximate surface area is 385 Å². The fraction of sp³-hybridized carbons (Fsp3) is 0.0159. The third kappa shape index (κ3) is 5.07. The first-order valence-electron chi connectivity index (χ1n) is 22.9. The molecule has 0 unspecified atom stereocenters. The van der Waals surface area contributed by atoms with E-state index in [0.29, 0.717) is 0 Å². The van der Waals surface area contributed by atoms with Crippen LogP contribution in [0.25, 0.3) is 87.7 Å². The lowest BCUT2D eigenvalue weighted by Gasteiger charge is -2.40. The second-order valence-corrected chi connectivity index (χ2v) is 17.9. The standard InChI is InChI=1S/C63H37NO3/c1-2-13-44-38(12-1)24-25-39-26-27-40(34-50(39)44)45-17-11-23-60-62(45)51-35-41(29-32-57(51)65-60)64(43-28-31-49-48-16-5-9-21-56(48)66-61(49)37-43)42-30-33-59-55(36-42)63(54-20-8-10-22-58(54)67-59)52-18-6-3-14-46(52)47-15-4-7-19-53(47)63/h1-37H. The molecule has 2 aliphatic rings. The lowest BCUT2D eigenvalue weighted by molar-refractivity contribution is 0.436. The zero-order chi connectivity index (χ0) is 43.8. The summed E-state index contributed by atoms with van der Waals surface area (Å²) in [7, 11) is 0. The van der Waals surface area contributed by atoms with Crippen LogP contribution in [0.1, 0.15) is 22.3 Å². The van der Waals surface area contributed by atoms with Crippen LogP contribution in [0.3, 0.4) is 0 Å². The van der Waals surface area contributed by atoms with E-state index in [1.54, 1.807) is 0 Å². The van der Waals surface area contributed by atoms with E-state index >= 15 is 0 Å². The summed E-state index contributed by atoms with van der Waals surface area (Å²) in [5.74, 6) is 1.71. The SMILES string of the molecule is c1ccc2c(c1)Oc1ccc(N(c3ccc4c(c3)oc3ccccc34)c3ccc4oc5cccc(-c6ccc7ccc8ccccc8c7c6)c5c4c3)cc1C21c2ccccc2-c2ccccc21. The van der Waals surface area contributed by atoms with E-state index in [1.807, 2.05) is 12.1 Å². The van der Waals surface area contributed by atoms with Gasteiger partial charge in [-0.2, -0.15) is 0 Å². The number of nitrogens with zero attached hydrogens (tertiary/aromatic N) is 1. The van der Waals surface area contributed by atoms with Crippen molar-refractivity contribution in [1.29, 1.82) is 0 Å². The van der Waals surface area contributed by atoms with Gasteiger partial charge in [-0.05, 0) is 128 Å². The lowest BCUT2D eigenvalue weighted by Crippen LogP contribution is -2.32. The average molecular weight is 856 g/mol. The van der Waals surface area contributed by atoms with Crippen LogP contribution < -0.4 is 9.64 Å². The Balaban J connectivity index is 0.979. The number of hydrogen-bond acceptors (Lipinski definition) is 4. The number of ether oxygens (including phenoxy) is 1. The van der Waals surface area contributed by atoms with E-state index in [9.17, 15) is 0 Å². The maximum absolute atomic E-state index is 6.89. The summed E-state index contributed by atoms with van der Waals surface area (Å²) in [5.41, 5.74) is 15.2. The molecule has 1 spiro atoms. The number of hydrogen-bond donors (Lipinski definition) is 0. The summed E-state index contributed by atoms with van der Waals surface area (Å²) in [6.07, 6.45) is 0. The van der Waals surface area contributed by atoms with Gasteiger partial charge in [0, 0.05) is 55.8 Å². The summed E-state index contributed by atoms with van der Waals surface area (Å²) in [6.45, 7) is 0. The van der Waals surface area contributed by atoms with Crippen molar-refractivity contribution in [3.8, 4) is 33.8 Å². The van der Waals surface area contributed by atoms with Gasteiger partial charge in [-0.1, -0.05) is 146 Å². The van der Waals surface area contributed by atoms with Gasteiger partial charge in [0.05, 0.1) is 5.41 Å². The minimum atomic E-state index is -0.619. The van der Waals surface area contributed by atoms with Gasteiger partial charge in [0.1, 0.15) is 33.8 Å². The molecule has 1 aliphatic heterocycles. The predicted molar refractivity (Wildman–Crippen MR) is 274 cm³/mol. The number of anilines is 3. The van der Waals surface area contributed by atoms with Crippen LogP contribution in [-0.2, 0) is 5.41 Å². The van der Waals surface area contributed by atoms with Gasteiger partial charge in [-0.25, -0.2) is 0 Å². The van der Waals surface area contributed by atoms with E-state index in [1.165, 1.54) is 43.8 Å². The van der Waals surface area contributed by atoms with Crippen LogP contribution in [0.5, 0.6) is 11.5 Å². The van der Waals surface area contributed by atoms with E-state index in [-0.39, 0.29) is 0 Å². The Morgan fingerprint density at radius 2 is 0.896 bits per heavy atom. The number of fused-ring (bicyclic) bond motifs is 18. The van der Waals surface area contributed by atoms with Crippen molar-refractivity contribution in [1.82, 2.24) is 0 Å². The zero-order valence-corrected chi connectivity index (χ0v) is 36.0. The molecule has 0 radical (unpaired) electrons. The summed E-state index contributed by atoms with van der Waals surface area (Å²) >= 11 is 0. The van der Waals surface area contributed by atoms with Gasteiger partial charge in [-0.3, -0.25) is 0 Å². The Morgan fingerprint density at radius 1 is 0.313 bits per heavy atom. The Bertz CT molecular complexity index is 4180. The second kappa shape index (κ2) is 13.6. The molecule has 2 aromatic heterocycles. The minimum Gasteiger partial charge on any atom is -0.457 e. The molecular weight excluding hydrogens is 819 g/mol. The number of para-hydroxylation sites is 2. The molecular formula is C63H37NO3. The highest BCUT2D eigenvalue weighted by atomic mass is 16.5. The van der Waals surface area contributed by atoms with E-state index in [4.69, 9.17) is 13.6 Å². The third-order valence-corrected chi connectivity index (χ3v) is 14.5. The Morgan fingerprint density at radius 3 is 1.76 bits per heavy atom. The fourth-order valence-corrected chi connectivity index (χ4v) is 11.6. The van der Waals surface area contributed by atoms with Crippen LogP contribution in [0, 0.1) is 0 Å². The van der Waals surface area contributed by atoms with Crippen molar-refractivity contribution in [3.63, 3.8) is 0 Å². The van der Waals surface area contributed by atoms with Gasteiger partial charge in [-0.15, -0.1) is 0 Å². The molecule has 0 saturated heterocycles. The average Bonchev–Trinajstić information content (AvgIpc) is 4.05. The van der Waals surface area contributed by atoms with Crippen LogP contribution in [0.15, 0.2) is 233 Å². The second-order valence-electron chi connectivity index (χ2n) is 17.9. The molecule has 11 aromatic carbocycles. The van der Waals surface area contributed by atoms with Crippen LogP contribution >= 0.6 is 0 Å². The molecule has 0 bridgehead atoms. The van der Waals surface area contributed by atoms with Crippen LogP contribution in [-0.4, -0.2) is 0 Å². The molecule has 0 amide bonds. The largest absolute Gasteiger partial charge is 0.457 e. The minimum absolute atomic E-state index is 0.619. The summed E-state index contributed by atoms with van der Waals surface area (Å²) < 4.78 is 20.2. The van der Waals surface area contributed by atoms with E-state index in [0.717, 1.165) is 94.7 Å². The first kappa shape index (κ1) is 36.5. The van der Waals surface area contributed by atoms with Gasteiger partial charge in [0.15, 0.2) is 0 Å². The van der Waals surface area contributed by atoms with Crippen molar-refractivity contribution >= 4 is 82.5 Å². The summed E-state index contributed by atoms with van der Waals surface area (Å²) in [4.78, 5) is 2.36. The van der Waals surface area contributed by atoms with Crippen molar-refractivity contribution in [2.24, 2.45) is 0 Å². The molecule has 0 atom stereocenters. The lowest BCUT2D eigenvalue weighted by atomic mass is 9.66. The Hall–Kier alpha value is -8.86. The quantitative estimate of drug-likeness (QED) is 0.165. The summed E-state index contributed by atoms with van der Waals surface area (Å²) in [5, 5.41) is 9.24. The molecule has 67 heavy (non-hydrogen) atoms. The van der Waals surface area contributed by atoms with Crippen LogP contribution in [0.2, 0.25) is 0 Å². The molecule has 1 aliphatic carbocycles. The molecule has 312 valence electrons. The first-order valence-corrected chi connectivity index (χ1v) is 22.9. The number of furan rings is 2. The highest BCUT2D eigenvalue weighted by Crippen LogP contribution is 2.62. The monoisotopic (exact) mass is 855 g/mol. The van der Waals surface area contributed by atoms with Gasteiger partial charge in [0.2, 0.25) is 0 Å². The molecule has 4 heteroatoms. The van der Waals surface area contributed by atoms with Crippen molar-refractivity contribution in [2.75, 3.05) is 4.90 Å². The molecule has 15 rings (SSSR count). The maximum Gasteiger partial charge on any atom is 0.137 e. The normalized spacial score (nSPS) is 13.3. The van der Waals surface area contributed by atoms with E-state index in [2.05, 4.69) is 217 Å². The van der Waals surface area contributed by atoms with Crippen LogP contribution in [0.4, 0.5) is 17.1 Å². The third-order valence-electron chi connectivity index (χ3n) is 14.5. The van der Waals surface area contributed by atoms with Gasteiger partial charge >= 0.3 is 0 Å². The Kier molecular flexibility index (Phi) is 7.40. The number of rotatable bonds is 4. The smallest absolute Gasteiger partial charge is 0.137 e. The summed E-state index contributed by atoms with van der Waals surface area (Å²) in [6, 6.07) is 80.8.